The first kappa shape index (κ1) is 12.9. The summed E-state index contributed by atoms with van der Waals surface area (Å²) in [5.41, 5.74) is 1.14. The van der Waals surface area contributed by atoms with Crippen molar-refractivity contribution >= 4 is 5.91 Å². The molecule has 1 aromatic rings. The van der Waals surface area contributed by atoms with Gasteiger partial charge in [-0.2, -0.15) is 0 Å². The molecule has 2 rings (SSSR count). The first-order chi connectivity index (χ1) is 8.74. The summed E-state index contributed by atoms with van der Waals surface area (Å²) in [5, 5.41) is 3.14. The summed E-state index contributed by atoms with van der Waals surface area (Å²) in [6, 6.07) is 7.87. The lowest BCUT2D eigenvalue weighted by Crippen LogP contribution is -2.51. The van der Waals surface area contributed by atoms with E-state index in [0.29, 0.717) is 6.54 Å². The Balaban J connectivity index is 1.97. The number of carbonyl (C=O) groups excluding carboxylic acids is 1. The third kappa shape index (κ3) is 2.82. The van der Waals surface area contributed by atoms with Gasteiger partial charge in [-0.1, -0.05) is 12.1 Å². The zero-order valence-corrected chi connectivity index (χ0v) is 11.0. The molecule has 1 amide bonds. The van der Waals surface area contributed by atoms with Crippen molar-refractivity contribution in [1.29, 1.82) is 0 Å². The number of carbonyl (C=O) groups is 1. The Labute approximate surface area is 108 Å². The van der Waals surface area contributed by atoms with Crippen molar-refractivity contribution in [2.24, 2.45) is 5.92 Å². The second-order valence-electron chi connectivity index (χ2n) is 4.56. The van der Waals surface area contributed by atoms with E-state index in [-0.39, 0.29) is 11.8 Å². The smallest absolute Gasteiger partial charge is 0.228 e. The second kappa shape index (κ2) is 5.87. The van der Waals surface area contributed by atoms with E-state index in [4.69, 9.17) is 4.74 Å². The summed E-state index contributed by atoms with van der Waals surface area (Å²) in [6.07, 6.45) is 0. The highest BCUT2D eigenvalue weighted by molar-refractivity contribution is 5.80. The number of benzene rings is 1. The molecule has 0 saturated carbocycles. The van der Waals surface area contributed by atoms with Gasteiger partial charge in [0.15, 0.2) is 0 Å². The van der Waals surface area contributed by atoms with Gasteiger partial charge in [-0.05, 0) is 24.6 Å². The summed E-state index contributed by atoms with van der Waals surface area (Å²) < 4.78 is 5.12. The van der Waals surface area contributed by atoms with Crippen molar-refractivity contribution in [2.75, 3.05) is 26.7 Å². The van der Waals surface area contributed by atoms with Crippen molar-refractivity contribution in [3.05, 3.63) is 29.8 Å². The summed E-state index contributed by atoms with van der Waals surface area (Å²) in [7, 11) is 1.65. The van der Waals surface area contributed by atoms with Gasteiger partial charge in [0.1, 0.15) is 5.75 Å². The first-order valence-electron chi connectivity index (χ1n) is 6.37. The van der Waals surface area contributed by atoms with Gasteiger partial charge in [0.2, 0.25) is 5.91 Å². The molecule has 1 aromatic carbocycles. The van der Waals surface area contributed by atoms with Crippen LogP contribution in [0.2, 0.25) is 0 Å². The van der Waals surface area contributed by atoms with Gasteiger partial charge in [-0.3, -0.25) is 4.79 Å². The number of methoxy groups -OCH3 is 1. The minimum atomic E-state index is 0.170. The molecule has 0 aliphatic carbocycles. The van der Waals surface area contributed by atoms with Crippen LogP contribution in [0.1, 0.15) is 12.5 Å². The molecule has 4 nitrogen and oxygen atoms in total. The fraction of sp³-hybridized carbons (Fsp3) is 0.500. The van der Waals surface area contributed by atoms with E-state index in [1.807, 2.05) is 36.1 Å². The monoisotopic (exact) mass is 248 g/mol. The molecule has 0 spiro atoms. The van der Waals surface area contributed by atoms with Crippen molar-refractivity contribution in [1.82, 2.24) is 10.2 Å². The van der Waals surface area contributed by atoms with Gasteiger partial charge < -0.3 is 15.0 Å². The van der Waals surface area contributed by atoms with Crippen LogP contribution in [0.3, 0.4) is 0 Å². The molecule has 0 aromatic heterocycles. The van der Waals surface area contributed by atoms with E-state index >= 15 is 0 Å². The Morgan fingerprint density at radius 2 is 2.06 bits per heavy atom. The number of rotatable bonds is 5. The number of ether oxygens (including phenoxy) is 1. The highest BCUT2D eigenvalue weighted by Crippen LogP contribution is 2.15. The van der Waals surface area contributed by atoms with E-state index in [2.05, 4.69) is 5.32 Å². The van der Waals surface area contributed by atoms with Crippen molar-refractivity contribution < 1.29 is 9.53 Å². The van der Waals surface area contributed by atoms with Crippen LogP contribution in [0.4, 0.5) is 0 Å². The first-order valence-corrected chi connectivity index (χ1v) is 6.37. The van der Waals surface area contributed by atoms with Gasteiger partial charge in [0.25, 0.3) is 0 Å². The number of nitrogens with zero attached hydrogens (tertiary/aromatic N) is 1. The Kier molecular flexibility index (Phi) is 4.20. The van der Waals surface area contributed by atoms with Crippen molar-refractivity contribution in [2.45, 2.75) is 13.5 Å². The Morgan fingerprint density at radius 1 is 1.39 bits per heavy atom. The van der Waals surface area contributed by atoms with Crippen LogP contribution in [0.15, 0.2) is 24.3 Å². The van der Waals surface area contributed by atoms with E-state index in [9.17, 15) is 4.79 Å². The molecular weight excluding hydrogens is 228 g/mol. The molecule has 0 atom stereocenters. The molecule has 4 heteroatoms. The van der Waals surface area contributed by atoms with Gasteiger partial charge in [0, 0.05) is 26.2 Å². The summed E-state index contributed by atoms with van der Waals surface area (Å²) in [6.45, 7) is 5.08. The largest absolute Gasteiger partial charge is 0.497 e. The van der Waals surface area contributed by atoms with Crippen LogP contribution in [-0.2, 0) is 11.3 Å². The molecule has 1 fully saturated rings. The van der Waals surface area contributed by atoms with Crippen LogP contribution in [0, 0.1) is 5.92 Å². The van der Waals surface area contributed by atoms with E-state index < -0.39 is 0 Å². The Morgan fingerprint density at radius 3 is 2.50 bits per heavy atom. The maximum absolute atomic E-state index is 12.1. The minimum Gasteiger partial charge on any atom is -0.497 e. The van der Waals surface area contributed by atoms with Gasteiger partial charge >= 0.3 is 0 Å². The van der Waals surface area contributed by atoms with Crippen LogP contribution in [0.5, 0.6) is 5.75 Å². The quantitative estimate of drug-likeness (QED) is 0.853. The molecule has 1 saturated heterocycles. The highest BCUT2D eigenvalue weighted by Gasteiger charge is 2.28. The topological polar surface area (TPSA) is 41.6 Å². The fourth-order valence-corrected chi connectivity index (χ4v) is 2.02. The molecular formula is C14H20N2O2. The minimum absolute atomic E-state index is 0.170. The lowest BCUT2D eigenvalue weighted by Gasteiger charge is -2.32. The average Bonchev–Trinajstić information content (AvgIpc) is 2.34. The van der Waals surface area contributed by atoms with E-state index in [1.165, 1.54) is 0 Å². The molecule has 98 valence electrons. The summed E-state index contributed by atoms with van der Waals surface area (Å²) >= 11 is 0. The molecule has 0 unspecified atom stereocenters. The average molecular weight is 248 g/mol. The predicted molar refractivity (Wildman–Crippen MR) is 70.4 cm³/mol. The van der Waals surface area contributed by atoms with Gasteiger partial charge in [-0.25, -0.2) is 0 Å². The Bertz CT molecular complexity index is 399. The lowest BCUT2D eigenvalue weighted by atomic mass is 10.0. The second-order valence-corrected chi connectivity index (χ2v) is 4.56. The van der Waals surface area contributed by atoms with Crippen LogP contribution < -0.4 is 10.1 Å². The van der Waals surface area contributed by atoms with Crippen molar-refractivity contribution in [3.8, 4) is 5.75 Å². The van der Waals surface area contributed by atoms with E-state index in [0.717, 1.165) is 30.9 Å². The van der Waals surface area contributed by atoms with E-state index in [1.54, 1.807) is 7.11 Å². The summed E-state index contributed by atoms with van der Waals surface area (Å²) in [4.78, 5) is 14.1. The number of amides is 1. The van der Waals surface area contributed by atoms with Crippen LogP contribution >= 0.6 is 0 Å². The molecule has 1 aliphatic heterocycles. The lowest BCUT2D eigenvalue weighted by molar-refractivity contribution is -0.137. The fourth-order valence-electron chi connectivity index (χ4n) is 2.02. The molecule has 1 aliphatic rings. The van der Waals surface area contributed by atoms with Gasteiger partial charge in [0.05, 0.1) is 13.0 Å². The number of nitrogens with one attached hydrogen (secondary N) is 1. The number of hydrogen-bond donors (Lipinski definition) is 1. The third-order valence-corrected chi connectivity index (χ3v) is 3.36. The van der Waals surface area contributed by atoms with Crippen LogP contribution in [0.25, 0.3) is 0 Å². The standard InChI is InChI=1S/C14H20N2O2/c1-3-16(14(17)12-8-15-9-12)10-11-4-6-13(18-2)7-5-11/h4-7,12,15H,3,8-10H2,1-2H3. The normalized spacial score (nSPS) is 15.0. The molecule has 1 heterocycles. The molecule has 0 bridgehead atoms. The molecule has 0 radical (unpaired) electrons. The zero-order chi connectivity index (χ0) is 13.0. The van der Waals surface area contributed by atoms with Gasteiger partial charge in [-0.15, -0.1) is 0 Å². The maximum Gasteiger partial charge on any atom is 0.228 e. The number of hydrogen-bond acceptors (Lipinski definition) is 3. The predicted octanol–water partition coefficient (Wildman–Crippen LogP) is 1.26. The highest BCUT2D eigenvalue weighted by atomic mass is 16.5. The van der Waals surface area contributed by atoms with Crippen molar-refractivity contribution in [3.63, 3.8) is 0 Å². The summed E-state index contributed by atoms with van der Waals surface area (Å²) in [5.74, 6) is 1.27. The maximum atomic E-state index is 12.1. The third-order valence-electron chi connectivity index (χ3n) is 3.36. The SMILES string of the molecule is CCN(Cc1ccc(OC)cc1)C(=O)C1CNC1. The Hall–Kier alpha value is -1.55. The van der Waals surface area contributed by atoms with Crippen LogP contribution in [-0.4, -0.2) is 37.6 Å². The molecule has 18 heavy (non-hydrogen) atoms. The zero-order valence-electron chi connectivity index (χ0n) is 11.0. The molecule has 1 N–H and O–H groups in total.